The van der Waals surface area contributed by atoms with Gasteiger partial charge in [0, 0.05) is 5.39 Å². The van der Waals surface area contributed by atoms with Crippen LogP contribution in [-0.2, 0) is 14.3 Å². The van der Waals surface area contributed by atoms with Crippen LogP contribution in [0.1, 0.15) is 0 Å². The van der Waals surface area contributed by atoms with Gasteiger partial charge in [-0.3, -0.25) is 4.18 Å². The van der Waals surface area contributed by atoms with Gasteiger partial charge in [-0.25, -0.2) is 4.39 Å². The van der Waals surface area contributed by atoms with Gasteiger partial charge in [0.2, 0.25) is 0 Å². The average molecular weight is 240 g/mol. The van der Waals surface area contributed by atoms with Crippen LogP contribution in [0.25, 0.3) is 10.8 Å². The average Bonchev–Trinajstić information content (AvgIpc) is 2.28. The largest absolute Gasteiger partial charge is 0.300 e. The Balaban J connectivity index is 2.92. The molecule has 0 aromatic heterocycles. The third-order valence-electron chi connectivity index (χ3n) is 2.30. The minimum Gasteiger partial charge on any atom is -0.270 e. The van der Waals surface area contributed by atoms with E-state index in [0.29, 0.717) is 10.8 Å². The first-order valence-corrected chi connectivity index (χ1v) is 5.95. The molecular formula is C11H9FO3S. The fourth-order valence-corrected chi connectivity index (χ4v) is 2.48. The van der Waals surface area contributed by atoms with Gasteiger partial charge in [-0.1, -0.05) is 30.3 Å². The van der Waals surface area contributed by atoms with Gasteiger partial charge in [0.05, 0.1) is 7.11 Å². The molecule has 0 fully saturated rings. The Morgan fingerprint density at radius 3 is 2.50 bits per heavy atom. The summed E-state index contributed by atoms with van der Waals surface area (Å²) >= 11 is 0. The lowest BCUT2D eigenvalue weighted by molar-refractivity contribution is 0.394. The Labute approximate surface area is 92.6 Å². The van der Waals surface area contributed by atoms with E-state index in [9.17, 15) is 12.8 Å². The number of halogens is 1. The maximum absolute atomic E-state index is 13.5. The molecular weight excluding hydrogens is 231 g/mol. The summed E-state index contributed by atoms with van der Waals surface area (Å²) in [7, 11) is -3.02. The molecule has 2 aromatic rings. The van der Waals surface area contributed by atoms with E-state index in [1.165, 1.54) is 6.07 Å². The molecule has 0 radical (unpaired) electrons. The van der Waals surface area contributed by atoms with E-state index in [1.54, 1.807) is 24.3 Å². The fraction of sp³-hybridized carbons (Fsp3) is 0.0909. The van der Waals surface area contributed by atoms with Crippen molar-refractivity contribution in [3.63, 3.8) is 0 Å². The summed E-state index contributed by atoms with van der Waals surface area (Å²) in [6, 6.07) is 9.31. The molecule has 2 aromatic carbocycles. The van der Waals surface area contributed by atoms with E-state index >= 15 is 0 Å². The summed E-state index contributed by atoms with van der Waals surface area (Å²) in [5, 5.41) is 0.976. The summed E-state index contributed by atoms with van der Waals surface area (Å²) in [6.45, 7) is 0. The summed E-state index contributed by atoms with van der Waals surface area (Å²) in [5.74, 6) is -0.805. The van der Waals surface area contributed by atoms with Crippen molar-refractivity contribution < 1.29 is 17.0 Å². The second-order valence-electron chi connectivity index (χ2n) is 3.22. The van der Waals surface area contributed by atoms with E-state index in [1.807, 2.05) is 0 Å². The van der Waals surface area contributed by atoms with E-state index in [4.69, 9.17) is 0 Å². The first kappa shape index (κ1) is 11.0. The van der Waals surface area contributed by atoms with Crippen LogP contribution in [0.3, 0.4) is 0 Å². The molecule has 0 heterocycles. The normalized spacial score (nSPS) is 11.9. The van der Waals surface area contributed by atoms with Gasteiger partial charge >= 0.3 is 0 Å². The van der Waals surface area contributed by atoms with Gasteiger partial charge in [0.25, 0.3) is 10.1 Å². The summed E-state index contributed by atoms with van der Waals surface area (Å²) < 4.78 is 41.0. The minimum atomic E-state index is -4.03. The molecule has 0 aliphatic rings. The van der Waals surface area contributed by atoms with Gasteiger partial charge < -0.3 is 0 Å². The predicted octanol–water partition coefficient (Wildman–Crippen LogP) is 2.31. The van der Waals surface area contributed by atoms with E-state index in [2.05, 4.69) is 4.18 Å². The topological polar surface area (TPSA) is 43.4 Å². The van der Waals surface area contributed by atoms with Crippen LogP contribution in [0.4, 0.5) is 4.39 Å². The van der Waals surface area contributed by atoms with Crippen LogP contribution >= 0.6 is 0 Å². The Morgan fingerprint density at radius 1 is 1.12 bits per heavy atom. The number of hydrogen-bond acceptors (Lipinski definition) is 3. The number of hydrogen-bond donors (Lipinski definition) is 0. The molecule has 0 bridgehead atoms. The maximum Gasteiger partial charge on any atom is 0.300 e. The Bertz CT molecular complexity index is 635. The van der Waals surface area contributed by atoms with Crippen molar-refractivity contribution in [2.24, 2.45) is 0 Å². The van der Waals surface area contributed by atoms with Crippen molar-refractivity contribution in [1.29, 1.82) is 0 Å². The standard InChI is InChI=1S/C11H9FO3S/c1-15-16(13,14)11-9-5-3-2-4-8(9)6-7-10(11)12/h2-7H,1H3. The van der Waals surface area contributed by atoms with Gasteiger partial charge in [-0.15, -0.1) is 0 Å². The van der Waals surface area contributed by atoms with Gasteiger partial charge in [-0.05, 0) is 11.5 Å². The van der Waals surface area contributed by atoms with Crippen molar-refractivity contribution in [2.45, 2.75) is 4.90 Å². The molecule has 3 nitrogen and oxygen atoms in total. The van der Waals surface area contributed by atoms with Gasteiger partial charge in [-0.2, -0.15) is 8.42 Å². The number of rotatable bonds is 2. The van der Waals surface area contributed by atoms with E-state index in [0.717, 1.165) is 13.2 Å². The monoisotopic (exact) mass is 240 g/mol. The summed E-state index contributed by atoms with van der Waals surface area (Å²) in [4.78, 5) is -0.409. The molecule has 2 rings (SSSR count). The number of fused-ring (bicyclic) bond motifs is 1. The Kier molecular flexibility index (Phi) is 2.65. The SMILES string of the molecule is COS(=O)(=O)c1c(F)ccc2ccccc12. The molecule has 0 amide bonds. The van der Waals surface area contributed by atoms with Crippen molar-refractivity contribution in [3.8, 4) is 0 Å². The minimum absolute atomic E-state index is 0.323. The third kappa shape index (κ3) is 1.68. The quantitative estimate of drug-likeness (QED) is 0.756. The van der Waals surface area contributed by atoms with Crippen molar-refractivity contribution in [1.82, 2.24) is 0 Å². The molecule has 0 aliphatic carbocycles. The van der Waals surface area contributed by atoms with Crippen LogP contribution in [0.2, 0.25) is 0 Å². The first-order valence-electron chi connectivity index (χ1n) is 4.54. The second kappa shape index (κ2) is 3.84. The van der Waals surface area contributed by atoms with Crippen LogP contribution in [-0.4, -0.2) is 15.5 Å². The maximum atomic E-state index is 13.5. The number of benzene rings is 2. The molecule has 0 atom stereocenters. The zero-order valence-electron chi connectivity index (χ0n) is 8.48. The Morgan fingerprint density at radius 2 is 1.81 bits per heavy atom. The molecule has 0 N–H and O–H groups in total. The third-order valence-corrected chi connectivity index (χ3v) is 3.65. The highest BCUT2D eigenvalue weighted by Crippen LogP contribution is 2.26. The van der Waals surface area contributed by atoms with E-state index < -0.39 is 20.8 Å². The highest BCUT2D eigenvalue weighted by Gasteiger charge is 2.21. The Hall–Kier alpha value is -1.46. The van der Waals surface area contributed by atoms with Crippen molar-refractivity contribution in [3.05, 3.63) is 42.2 Å². The van der Waals surface area contributed by atoms with Gasteiger partial charge in [0.15, 0.2) is 0 Å². The predicted molar refractivity (Wildman–Crippen MR) is 58.1 cm³/mol. The highest BCUT2D eigenvalue weighted by molar-refractivity contribution is 7.87. The molecule has 0 saturated heterocycles. The van der Waals surface area contributed by atoms with Gasteiger partial charge in [0.1, 0.15) is 10.7 Å². The second-order valence-corrected chi connectivity index (χ2v) is 4.87. The molecule has 0 unspecified atom stereocenters. The molecule has 0 spiro atoms. The fourth-order valence-electron chi connectivity index (χ4n) is 1.55. The molecule has 84 valence electrons. The van der Waals surface area contributed by atoms with E-state index in [-0.39, 0.29) is 0 Å². The first-order chi connectivity index (χ1) is 7.56. The highest BCUT2D eigenvalue weighted by atomic mass is 32.2. The summed E-state index contributed by atoms with van der Waals surface area (Å²) in [6.07, 6.45) is 0. The zero-order chi connectivity index (χ0) is 11.8. The lowest BCUT2D eigenvalue weighted by Crippen LogP contribution is -2.06. The summed E-state index contributed by atoms with van der Waals surface area (Å²) in [5.41, 5.74) is 0. The lowest BCUT2D eigenvalue weighted by Gasteiger charge is -2.07. The molecule has 16 heavy (non-hydrogen) atoms. The smallest absolute Gasteiger partial charge is 0.270 e. The van der Waals surface area contributed by atoms with Crippen molar-refractivity contribution in [2.75, 3.05) is 7.11 Å². The molecule has 0 saturated carbocycles. The van der Waals surface area contributed by atoms with Crippen LogP contribution in [0.5, 0.6) is 0 Å². The molecule has 0 aliphatic heterocycles. The van der Waals surface area contributed by atoms with Crippen LogP contribution in [0, 0.1) is 5.82 Å². The lowest BCUT2D eigenvalue weighted by atomic mass is 10.1. The van der Waals surface area contributed by atoms with Crippen molar-refractivity contribution >= 4 is 20.9 Å². The zero-order valence-corrected chi connectivity index (χ0v) is 9.29. The van der Waals surface area contributed by atoms with Crippen LogP contribution < -0.4 is 0 Å². The van der Waals surface area contributed by atoms with Crippen LogP contribution in [0.15, 0.2) is 41.3 Å². The molecule has 5 heteroatoms.